The summed E-state index contributed by atoms with van der Waals surface area (Å²) in [7, 11) is 0. The molecule has 2 rings (SSSR count). The van der Waals surface area contributed by atoms with Crippen molar-refractivity contribution >= 4 is 0 Å². The highest BCUT2D eigenvalue weighted by atomic mass is 16.5. The van der Waals surface area contributed by atoms with Crippen LogP contribution in [0.3, 0.4) is 0 Å². The number of hydrogen-bond donors (Lipinski definition) is 1. The Morgan fingerprint density at radius 1 is 1.14 bits per heavy atom. The molecule has 1 heterocycles. The molecular weight excluding hydrogens is 260 g/mol. The Hall–Kier alpha value is -1.87. The van der Waals surface area contributed by atoms with Gasteiger partial charge in [-0.1, -0.05) is 18.2 Å². The molecule has 1 aromatic carbocycles. The molecule has 0 aliphatic heterocycles. The number of nitrogens with two attached hydrogens (primary N) is 1. The molecule has 0 unspecified atom stereocenters. The van der Waals surface area contributed by atoms with E-state index in [4.69, 9.17) is 15.5 Å². The predicted octanol–water partition coefficient (Wildman–Crippen LogP) is 4.04. The van der Waals surface area contributed by atoms with Crippen molar-refractivity contribution < 1.29 is 4.74 Å². The second-order valence-corrected chi connectivity index (χ2v) is 6.25. The highest BCUT2D eigenvalue weighted by Crippen LogP contribution is 2.26. The molecule has 2 N–H and O–H groups in total. The zero-order chi connectivity index (χ0) is 15.6. The number of rotatable bonds is 4. The molecule has 0 saturated carbocycles. The SMILES string of the molecule is Cc1nc(-c2cccc(OC(C)C)c2)ccc1C(C)(C)N. The normalized spacial score (nSPS) is 11.8. The van der Waals surface area contributed by atoms with Crippen LogP contribution in [0.1, 0.15) is 39.0 Å². The molecule has 0 spiro atoms. The minimum Gasteiger partial charge on any atom is -0.491 e. The maximum atomic E-state index is 6.17. The van der Waals surface area contributed by atoms with Gasteiger partial charge in [0.25, 0.3) is 0 Å². The Balaban J connectivity index is 2.37. The summed E-state index contributed by atoms with van der Waals surface area (Å²) in [5, 5.41) is 0. The van der Waals surface area contributed by atoms with Crippen LogP contribution in [-0.4, -0.2) is 11.1 Å². The zero-order valence-electron chi connectivity index (χ0n) is 13.5. The van der Waals surface area contributed by atoms with E-state index in [1.54, 1.807) is 0 Å². The van der Waals surface area contributed by atoms with Crippen LogP contribution >= 0.6 is 0 Å². The van der Waals surface area contributed by atoms with Gasteiger partial charge in [-0.15, -0.1) is 0 Å². The van der Waals surface area contributed by atoms with Gasteiger partial charge < -0.3 is 10.5 Å². The van der Waals surface area contributed by atoms with Crippen molar-refractivity contribution in [1.82, 2.24) is 4.98 Å². The molecule has 0 atom stereocenters. The first-order chi connectivity index (χ1) is 9.77. The van der Waals surface area contributed by atoms with Gasteiger partial charge in [0.05, 0.1) is 11.8 Å². The second-order valence-electron chi connectivity index (χ2n) is 6.25. The summed E-state index contributed by atoms with van der Waals surface area (Å²) >= 11 is 0. The van der Waals surface area contributed by atoms with Crippen molar-refractivity contribution in [3.8, 4) is 17.0 Å². The number of hydrogen-bond acceptors (Lipinski definition) is 3. The topological polar surface area (TPSA) is 48.1 Å². The van der Waals surface area contributed by atoms with Crippen molar-refractivity contribution in [2.75, 3.05) is 0 Å². The van der Waals surface area contributed by atoms with Crippen molar-refractivity contribution in [3.63, 3.8) is 0 Å². The molecular formula is C18H24N2O. The van der Waals surface area contributed by atoms with E-state index in [0.29, 0.717) is 0 Å². The fourth-order valence-corrected chi connectivity index (χ4v) is 2.40. The van der Waals surface area contributed by atoms with Gasteiger partial charge in [0.2, 0.25) is 0 Å². The van der Waals surface area contributed by atoms with E-state index in [1.165, 1.54) is 0 Å². The van der Waals surface area contributed by atoms with Crippen molar-refractivity contribution in [2.24, 2.45) is 5.73 Å². The van der Waals surface area contributed by atoms with Gasteiger partial charge in [0.15, 0.2) is 0 Å². The van der Waals surface area contributed by atoms with Crippen LogP contribution in [0.25, 0.3) is 11.3 Å². The van der Waals surface area contributed by atoms with Gasteiger partial charge >= 0.3 is 0 Å². The third-order valence-corrected chi connectivity index (χ3v) is 3.28. The number of nitrogens with zero attached hydrogens (tertiary/aromatic N) is 1. The van der Waals surface area contributed by atoms with E-state index in [-0.39, 0.29) is 11.6 Å². The van der Waals surface area contributed by atoms with Crippen LogP contribution in [-0.2, 0) is 5.54 Å². The Morgan fingerprint density at radius 2 is 1.86 bits per heavy atom. The first kappa shape index (κ1) is 15.5. The summed E-state index contributed by atoms with van der Waals surface area (Å²) < 4.78 is 5.74. The summed E-state index contributed by atoms with van der Waals surface area (Å²) in [6.45, 7) is 10.0. The largest absolute Gasteiger partial charge is 0.491 e. The van der Waals surface area contributed by atoms with Crippen LogP contribution < -0.4 is 10.5 Å². The number of benzene rings is 1. The quantitative estimate of drug-likeness (QED) is 0.921. The van der Waals surface area contributed by atoms with Gasteiger partial charge in [-0.25, -0.2) is 0 Å². The van der Waals surface area contributed by atoms with Gasteiger partial charge in [-0.3, -0.25) is 4.98 Å². The maximum Gasteiger partial charge on any atom is 0.120 e. The molecule has 0 saturated heterocycles. The summed E-state index contributed by atoms with van der Waals surface area (Å²) in [5.41, 5.74) is 9.82. The fourth-order valence-electron chi connectivity index (χ4n) is 2.40. The third-order valence-electron chi connectivity index (χ3n) is 3.28. The van der Waals surface area contributed by atoms with Gasteiger partial charge in [-0.2, -0.15) is 0 Å². The van der Waals surface area contributed by atoms with E-state index in [9.17, 15) is 0 Å². The van der Waals surface area contributed by atoms with Crippen molar-refractivity contribution in [3.05, 3.63) is 47.7 Å². The van der Waals surface area contributed by atoms with Crippen LogP contribution in [0.5, 0.6) is 5.75 Å². The molecule has 21 heavy (non-hydrogen) atoms. The molecule has 0 radical (unpaired) electrons. The molecule has 0 bridgehead atoms. The van der Waals surface area contributed by atoms with E-state index >= 15 is 0 Å². The Bertz CT molecular complexity index is 627. The van der Waals surface area contributed by atoms with E-state index in [1.807, 2.05) is 65.0 Å². The van der Waals surface area contributed by atoms with Gasteiger partial charge in [0, 0.05) is 16.8 Å². The molecule has 2 aromatic rings. The van der Waals surface area contributed by atoms with Crippen LogP contribution in [0.15, 0.2) is 36.4 Å². The monoisotopic (exact) mass is 284 g/mol. The number of ether oxygens (including phenoxy) is 1. The third kappa shape index (κ3) is 3.82. The van der Waals surface area contributed by atoms with E-state index in [2.05, 4.69) is 6.07 Å². The Kier molecular flexibility index (Phi) is 4.33. The summed E-state index contributed by atoms with van der Waals surface area (Å²) in [6.07, 6.45) is 0.162. The molecule has 0 aliphatic rings. The fraction of sp³-hybridized carbons (Fsp3) is 0.389. The average molecular weight is 284 g/mol. The highest BCUT2D eigenvalue weighted by molar-refractivity contribution is 5.62. The summed E-state index contributed by atoms with van der Waals surface area (Å²) in [6, 6.07) is 12.1. The van der Waals surface area contributed by atoms with Gasteiger partial charge in [-0.05, 0) is 58.4 Å². The minimum atomic E-state index is -0.377. The first-order valence-corrected chi connectivity index (χ1v) is 7.31. The highest BCUT2D eigenvalue weighted by Gasteiger charge is 2.17. The van der Waals surface area contributed by atoms with Gasteiger partial charge in [0.1, 0.15) is 5.75 Å². The number of aromatic nitrogens is 1. The molecule has 3 nitrogen and oxygen atoms in total. The molecule has 0 amide bonds. The molecule has 112 valence electrons. The van der Waals surface area contributed by atoms with E-state index in [0.717, 1.165) is 28.3 Å². The summed E-state index contributed by atoms with van der Waals surface area (Å²) in [5.74, 6) is 0.866. The van der Waals surface area contributed by atoms with E-state index < -0.39 is 0 Å². The smallest absolute Gasteiger partial charge is 0.120 e. The zero-order valence-corrected chi connectivity index (χ0v) is 13.5. The minimum absolute atomic E-state index is 0.162. The van der Waals surface area contributed by atoms with Crippen LogP contribution in [0.4, 0.5) is 0 Å². The van der Waals surface area contributed by atoms with Crippen molar-refractivity contribution in [2.45, 2.75) is 46.3 Å². The Labute approximate surface area is 127 Å². The van der Waals surface area contributed by atoms with Crippen LogP contribution in [0.2, 0.25) is 0 Å². The lowest BCUT2D eigenvalue weighted by atomic mass is 9.93. The summed E-state index contributed by atoms with van der Waals surface area (Å²) in [4.78, 5) is 4.69. The predicted molar refractivity (Wildman–Crippen MR) is 87.4 cm³/mol. The lowest BCUT2D eigenvalue weighted by Crippen LogP contribution is -2.29. The van der Waals surface area contributed by atoms with Crippen molar-refractivity contribution in [1.29, 1.82) is 0 Å². The lowest BCUT2D eigenvalue weighted by Gasteiger charge is -2.21. The standard InChI is InChI=1S/C18H24N2O/c1-12(2)21-15-8-6-7-14(11-15)17-10-9-16(13(3)20-17)18(4,5)19/h6-12H,19H2,1-5H3. The molecule has 0 fully saturated rings. The number of aryl methyl sites for hydroxylation is 1. The first-order valence-electron chi connectivity index (χ1n) is 7.31. The molecule has 3 heteroatoms. The lowest BCUT2D eigenvalue weighted by molar-refractivity contribution is 0.242. The van der Waals surface area contributed by atoms with Crippen LogP contribution in [0, 0.1) is 6.92 Å². The average Bonchev–Trinajstić information content (AvgIpc) is 2.36. The number of pyridine rings is 1. The Morgan fingerprint density at radius 3 is 2.43 bits per heavy atom. The molecule has 0 aliphatic carbocycles. The molecule has 1 aromatic heterocycles. The second kappa shape index (κ2) is 5.86. The maximum absolute atomic E-state index is 6.17.